The molecule has 1 saturated carbocycles. The predicted octanol–water partition coefficient (Wildman–Crippen LogP) is 3.68. The minimum Gasteiger partial charge on any atom is -0.478 e. The van der Waals surface area contributed by atoms with Crippen molar-refractivity contribution in [1.29, 1.82) is 0 Å². The number of hydrogen-bond acceptors (Lipinski definition) is 6. The molecule has 0 radical (unpaired) electrons. The van der Waals surface area contributed by atoms with Crippen molar-refractivity contribution in [3.63, 3.8) is 0 Å². The highest BCUT2D eigenvalue weighted by molar-refractivity contribution is 6.32. The van der Waals surface area contributed by atoms with Gasteiger partial charge >= 0.3 is 5.97 Å². The highest BCUT2D eigenvalue weighted by atomic mass is 35.5. The maximum atomic E-state index is 12.5. The Labute approximate surface area is 174 Å². The average Bonchev–Trinajstić information content (AvgIpc) is 3.13. The molecule has 1 aromatic carbocycles. The number of aromatic carboxylic acids is 1. The van der Waals surface area contributed by atoms with Crippen molar-refractivity contribution in [2.24, 2.45) is 5.92 Å². The van der Waals surface area contributed by atoms with Crippen LogP contribution in [0.5, 0.6) is 0 Å². The van der Waals surface area contributed by atoms with Crippen molar-refractivity contribution >= 4 is 40.9 Å². The number of carboxylic acids is 1. The van der Waals surface area contributed by atoms with Crippen LogP contribution >= 0.6 is 11.6 Å². The number of halogens is 1. The van der Waals surface area contributed by atoms with Crippen LogP contribution in [0.15, 0.2) is 30.5 Å². The predicted molar refractivity (Wildman–Crippen MR) is 112 cm³/mol. The largest absolute Gasteiger partial charge is 0.478 e. The van der Waals surface area contributed by atoms with Crippen LogP contribution in [0.25, 0.3) is 0 Å². The Hall–Kier alpha value is -2.87. The number of carboxylic acid groups (broad SMARTS) is 1. The first-order valence-electron chi connectivity index (χ1n) is 9.53. The van der Waals surface area contributed by atoms with Gasteiger partial charge in [0.15, 0.2) is 5.82 Å². The Morgan fingerprint density at radius 3 is 2.59 bits per heavy atom. The molecule has 2 atom stereocenters. The molecule has 1 aromatic heterocycles. The van der Waals surface area contributed by atoms with Gasteiger partial charge in [-0.2, -0.15) is 4.98 Å². The van der Waals surface area contributed by atoms with E-state index >= 15 is 0 Å². The zero-order valence-corrected chi connectivity index (χ0v) is 17.0. The number of benzene rings is 1. The Morgan fingerprint density at radius 1 is 1.21 bits per heavy atom. The summed E-state index contributed by atoms with van der Waals surface area (Å²) in [6.07, 6.45) is 4.12. The Balaban J connectivity index is 1.71. The molecule has 2 unspecified atom stereocenters. The third-order valence-corrected chi connectivity index (χ3v) is 5.01. The Bertz CT molecular complexity index is 888. The van der Waals surface area contributed by atoms with E-state index in [2.05, 4.69) is 25.9 Å². The lowest BCUT2D eigenvalue weighted by Crippen LogP contribution is -2.41. The number of rotatable bonds is 7. The second-order valence-corrected chi connectivity index (χ2v) is 7.76. The lowest BCUT2D eigenvalue weighted by Gasteiger charge is -2.22. The molecule has 29 heavy (non-hydrogen) atoms. The number of amides is 1. The van der Waals surface area contributed by atoms with Gasteiger partial charge in [0.2, 0.25) is 11.9 Å². The van der Waals surface area contributed by atoms with E-state index in [1.165, 1.54) is 18.3 Å². The van der Waals surface area contributed by atoms with Crippen LogP contribution in [0.2, 0.25) is 5.02 Å². The second-order valence-electron chi connectivity index (χ2n) is 7.35. The molecule has 8 nitrogen and oxygen atoms in total. The first-order chi connectivity index (χ1) is 13.8. The smallest absolute Gasteiger partial charge is 0.335 e. The molecule has 1 aliphatic rings. The molecule has 9 heteroatoms. The third kappa shape index (κ3) is 5.35. The van der Waals surface area contributed by atoms with Crippen LogP contribution < -0.4 is 16.0 Å². The number of hydrogen-bond donors (Lipinski definition) is 4. The van der Waals surface area contributed by atoms with E-state index in [9.17, 15) is 9.59 Å². The van der Waals surface area contributed by atoms with Crippen molar-refractivity contribution in [1.82, 2.24) is 15.3 Å². The van der Waals surface area contributed by atoms with Crippen LogP contribution in [0.1, 0.15) is 43.5 Å². The highest BCUT2D eigenvalue weighted by Crippen LogP contribution is 2.31. The van der Waals surface area contributed by atoms with Gasteiger partial charge in [0.1, 0.15) is 5.02 Å². The lowest BCUT2D eigenvalue weighted by atomic mass is 10.0. The molecule has 1 fully saturated rings. The van der Waals surface area contributed by atoms with E-state index in [1.807, 2.05) is 13.8 Å². The van der Waals surface area contributed by atoms with Crippen molar-refractivity contribution in [2.75, 3.05) is 10.6 Å². The zero-order chi connectivity index (χ0) is 21.0. The summed E-state index contributed by atoms with van der Waals surface area (Å²) in [4.78, 5) is 32.0. The fourth-order valence-electron chi connectivity index (χ4n) is 3.37. The molecular weight excluding hydrogens is 394 g/mol. The van der Waals surface area contributed by atoms with E-state index < -0.39 is 5.97 Å². The van der Waals surface area contributed by atoms with Crippen LogP contribution in [0.3, 0.4) is 0 Å². The van der Waals surface area contributed by atoms with Gasteiger partial charge in [-0.1, -0.05) is 18.0 Å². The second kappa shape index (κ2) is 9.09. The summed E-state index contributed by atoms with van der Waals surface area (Å²) in [6.45, 7) is 3.88. The molecule has 0 spiro atoms. The number of anilines is 3. The molecule has 0 aliphatic heterocycles. The van der Waals surface area contributed by atoms with Gasteiger partial charge < -0.3 is 21.1 Å². The van der Waals surface area contributed by atoms with Crippen molar-refractivity contribution in [3.8, 4) is 0 Å². The number of carbonyl (C=O) groups excluding carboxylic acids is 1. The molecule has 3 rings (SSSR count). The number of nitrogens with one attached hydrogen (secondary N) is 3. The van der Waals surface area contributed by atoms with Crippen molar-refractivity contribution < 1.29 is 14.7 Å². The molecule has 154 valence electrons. The number of aromatic nitrogens is 2. The normalized spacial score (nSPS) is 18.5. The quantitative estimate of drug-likeness (QED) is 0.543. The summed E-state index contributed by atoms with van der Waals surface area (Å²) < 4.78 is 0. The van der Waals surface area contributed by atoms with E-state index in [-0.39, 0.29) is 29.5 Å². The SMILES string of the molecule is CC(C)NC(=O)C1CCCC1Nc1nc(Nc2ccc(C(=O)O)cc2)ncc1Cl. The van der Waals surface area contributed by atoms with Gasteiger partial charge in [0, 0.05) is 17.8 Å². The highest BCUT2D eigenvalue weighted by Gasteiger charge is 2.33. The van der Waals surface area contributed by atoms with Crippen LogP contribution in [-0.2, 0) is 4.79 Å². The summed E-state index contributed by atoms with van der Waals surface area (Å²) in [5.74, 6) is -0.305. The van der Waals surface area contributed by atoms with E-state index in [0.29, 0.717) is 22.5 Å². The molecule has 0 saturated heterocycles. The van der Waals surface area contributed by atoms with Gasteiger partial charge in [-0.3, -0.25) is 4.79 Å². The summed E-state index contributed by atoms with van der Waals surface area (Å²) in [5, 5.41) is 18.7. The summed E-state index contributed by atoms with van der Waals surface area (Å²) in [6, 6.07) is 6.31. The van der Waals surface area contributed by atoms with Gasteiger partial charge in [-0.05, 0) is 51.0 Å². The summed E-state index contributed by atoms with van der Waals surface area (Å²) >= 11 is 6.26. The van der Waals surface area contributed by atoms with Gasteiger partial charge in [-0.15, -0.1) is 0 Å². The van der Waals surface area contributed by atoms with E-state index in [4.69, 9.17) is 16.7 Å². The van der Waals surface area contributed by atoms with Crippen LogP contribution in [0, 0.1) is 5.92 Å². The monoisotopic (exact) mass is 417 g/mol. The molecule has 4 N–H and O–H groups in total. The van der Waals surface area contributed by atoms with Crippen molar-refractivity contribution in [3.05, 3.63) is 41.0 Å². The van der Waals surface area contributed by atoms with Crippen LogP contribution in [0.4, 0.5) is 17.5 Å². The van der Waals surface area contributed by atoms with Gasteiger partial charge in [0.25, 0.3) is 0 Å². The fourth-order valence-corrected chi connectivity index (χ4v) is 3.51. The van der Waals surface area contributed by atoms with E-state index in [0.717, 1.165) is 19.3 Å². The Kier molecular flexibility index (Phi) is 6.53. The number of carbonyl (C=O) groups is 2. The molecule has 0 bridgehead atoms. The number of nitrogens with zero attached hydrogens (tertiary/aromatic N) is 2. The van der Waals surface area contributed by atoms with Crippen molar-refractivity contribution in [2.45, 2.75) is 45.2 Å². The maximum Gasteiger partial charge on any atom is 0.335 e. The third-order valence-electron chi connectivity index (χ3n) is 4.74. The minimum atomic E-state index is -0.988. The average molecular weight is 418 g/mol. The maximum absolute atomic E-state index is 12.5. The van der Waals surface area contributed by atoms with E-state index in [1.54, 1.807) is 12.1 Å². The molecule has 1 aliphatic carbocycles. The standard InChI is InChI=1S/C20H24ClN5O3/c1-11(2)23-18(27)14-4-3-5-16(14)25-17-15(21)10-22-20(26-17)24-13-8-6-12(7-9-13)19(28)29/h6-11,14,16H,3-5H2,1-2H3,(H,23,27)(H,28,29)(H2,22,24,25,26). The molecular formula is C20H24ClN5O3. The van der Waals surface area contributed by atoms with Crippen LogP contribution in [-0.4, -0.2) is 39.0 Å². The van der Waals surface area contributed by atoms with Gasteiger partial charge in [0.05, 0.1) is 17.7 Å². The zero-order valence-electron chi connectivity index (χ0n) is 16.3. The first kappa shape index (κ1) is 20.9. The fraction of sp³-hybridized carbons (Fsp3) is 0.400. The molecule has 1 amide bonds. The topological polar surface area (TPSA) is 116 Å². The lowest BCUT2D eigenvalue weighted by molar-refractivity contribution is -0.125. The Morgan fingerprint density at radius 2 is 1.93 bits per heavy atom. The molecule has 2 aromatic rings. The summed E-state index contributed by atoms with van der Waals surface area (Å²) in [7, 11) is 0. The van der Waals surface area contributed by atoms with Gasteiger partial charge in [-0.25, -0.2) is 9.78 Å². The summed E-state index contributed by atoms with van der Waals surface area (Å²) in [5.41, 5.74) is 0.847. The molecule has 1 heterocycles. The minimum absolute atomic E-state index is 0.0389. The first-order valence-corrected chi connectivity index (χ1v) is 9.91.